The van der Waals surface area contributed by atoms with Gasteiger partial charge in [0.2, 0.25) is 5.91 Å². The van der Waals surface area contributed by atoms with Gasteiger partial charge in [-0.3, -0.25) is 4.79 Å². The molecule has 4 nitrogen and oxygen atoms in total. The average molecular weight is 325 g/mol. The number of amides is 1. The average Bonchev–Trinajstić information content (AvgIpc) is 2.59. The molecule has 134 valence electrons. The van der Waals surface area contributed by atoms with Gasteiger partial charge >= 0.3 is 0 Å². The number of rotatable bonds is 10. The highest BCUT2D eigenvalue weighted by Gasteiger charge is 2.05. The zero-order valence-corrected chi connectivity index (χ0v) is 15.2. The smallest absolute Gasteiger partial charge is 0.220 e. The summed E-state index contributed by atoms with van der Waals surface area (Å²) in [5, 5.41) is 12.4. The van der Waals surface area contributed by atoms with Crippen molar-refractivity contribution in [2.45, 2.75) is 72.3 Å². The molecule has 1 amide bonds. The van der Waals surface area contributed by atoms with Crippen molar-refractivity contribution >= 4 is 5.91 Å². The predicted molar refractivity (Wildman–Crippen MR) is 98.0 cm³/mol. The summed E-state index contributed by atoms with van der Waals surface area (Å²) >= 11 is 0. The highest BCUT2D eigenvalue weighted by atomic mass is 16.5. The largest absolute Gasteiger partial charge is 0.504 e. The Morgan fingerprint density at radius 2 is 1.83 bits per heavy atom. The summed E-state index contributed by atoms with van der Waals surface area (Å²) in [5.74, 6) is 0.620. The van der Waals surface area contributed by atoms with Gasteiger partial charge in [-0.25, -0.2) is 0 Å². The minimum atomic E-state index is 0. The standard InChI is InChI=1S/C17H27NO3.C2H6.H2/c1-3-4-5-6-7-8-9-17(20)18-13-14-10-11-15(19)16(12-14)21-2;1-2;/h10-12,19H,3-9,13H2,1-2H3,(H,18,20);1-2H3;1H. The van der Waals surface area contributed by atoms with Crippen molar-refractivity contribution in [2.75, 3.05) is 7.11 Å². The zero-order chi connectivity index (χ0) is 17.5. The summed E-state index contributed by atoms with van der Waals surface area (Å²) in [7, 11) is 1.51. The van der Waals surface area contributed by atoms with Crippen molar-refractivity contribution in [1.29, 1.82) is 0 Å². The molecular weight excluding hydrogens is 290 g/mol. The molecule has 2 N–H and O–H groups in total. The van der Waals surface area contributed by atoms with Gasteiger partial charge in [-0.15, -0.1) is 0 Å². The van der Waals surface area contributed by atoms with Gasteiger partial charge in [-0.2, -0.15) is 0 Å². The summed E-state index contributed by atoms with van der Waals surface area (Å²) in [6.07, 6.45) is 7.68. The molecule has 0 saturated carbocycles. The fraction of sp³-hybridized carbons (Fsp3) is 0.632. The maximum Gasteiger partial charge on any atom is 0.220 e. The van der Waals surface area contributed by atoms with Crippen LogP contribution in [0.15, 0.2) is 18.2 Å². The topological polar surface area (TPSA) is 58.6 Å². The summed E-state index contributed by atoms with van der Waals surface area (Å²) in [6.45, 7) is 6.66. The van der Waals surface area contributed by atoms with Gasteiger partial charge in [0, 0.05) is 14.4 Å². The van der Waals surface area contributed by atoms with Crippen LogP contribution in [-0.2, 0) is 11.3 Å². The molecule has 0 aliphatic carbocycles. The van der Waals surface area contributed by atoms with E-state index in [0.29, 0.717) is 18.7 Å². The van der Waals surface area contributed by atoms with Crippen LogP contribution in [0.5, 0.6) is 11.5 Å². The fourth-order valence-corrected chi connectivity index (χ4v) is 2.19. The maximum absolute atomic E-state index is 11.7. The van der Waals surface area contributed by atoms with E-state index in [4.69, 9.17) is 4.74 Å². The minimum Gasteiger partial charge on any atom is -0.504 e. The predicted octanol–water partition coefficient (Wildman–Crippen LogP) is 5.04. The molecule has 0 atom stereocenters. The lowest BCUT2D eigenvalue weighted by atomic mass is 10.1. The lowest BCUT2D eigenvalue weighted by molar-refractivity contribution is -0.121. The third kappa shape index (κ3) is 9.82. The van der Waals surface area contributed by atoms with Gasteiger partial charge in [0.15, 0.2) is 11.5 Å². The van der Waals surface area contributed by atoms with Gasteiger partial charge < -0.3 is 15.2 Å². The molecule has 0 aliphatic rings. The molecule has 1 aromatic carbocycles. The number of nitrogens with one attached hydrogen (secondary N) is 1. The number of carbonyl (C=O) groups excluding carboxylic acids is 1. The lowest BCUT2D eigenvalue weighted by Crippen LogP contribution is -2.22. The first-order valence-electron chi connectivity index (χ1n) is 8.80. The fourth-order valence-electron chi connectivity index (χ4n) is 2.19. The molecule has 0 aromatic heterocycles. The van der Waals surface area contributed by atoms with Gasteiger partial charge in [0.1, 0.15) is 0 Å². The number of phenolic OH excluding ortho intramolecular Hbond substituents is 1. The van der Waals surface area contributed by atoms with Gasteiger partial charge in [0.25, 0.3) is 0 Å². The van der Waals surface area contributed by atoms with Gasteiger partial charge in [0.05, 0.1) is 7.11 Å². The Hall–Kier alpha value is -1.71. The molecule has 0 radical (unpaired) electrons. The normalized spacial score (nSPS) is 9.74. The molecule has 0 saturated heterocycles. The van der Waals surface area contributed by atoms with Crippen molar-refractivity contribution in [3.63, 3.8) is 0 Å². The van der Waals surface area contributed by atoms with E-state index in [2.05, 4.69) is 12.2 Å². The van der Waals surface area contributed by atoms with Crippen molar-refractivity contribution in [3.05, 3.63) is 23.8 Å². The van der Waals surface area contributed by atoms with E-state index < -0.39 is 0 Å². The first-order valence-corrected chi connectivity index (χ1v) is 8.80. The Morgan fingerprint density at radius 1 is 1.17 bits per heavy atom. The first kappa shape index (κ1) is 21.3. The van der Waals surface area contributed by atoms with Crippen molar-refractivity contribution in [3.8, 4) is 11.5 Å². The zero-order valence-electron chi connectivity index (χ0n) is 15.2. The molecule has 0 aliphatic heterocycles. The second-order valence-corrected chi connectivity index (χ2v) is 5.30. The van der Waals surface area contributed by atoms with E-state index in [1.54, 1.807) is 18.2 Å². The Labute approximate surface area is 142 Å². The Morgan fingerprint density at radius 3 is 2.48 bits per heavy atom. The molecule has 0 bridgehead atoms. The Kier molecular flexibility index (Phi) is 12.9. The molecule has 0 spiro atoms. The van der Waals surface area contributed by atoms with Crippen LogP contribution in [0.2, 0.25) is 0 Å². The minimum absolute atomic E-state index is 0. The van der Waals surface area contributed by atoms with Gasteiger partial charge in [-0.1, -0.05) is 58.9 Å². The molecule has 23 heavy (non-hydrogen) atoms. The van der Waals surface area contributed by atoms with Crippen LogP contribution in [0.1, 0.15) is 72.7 Å². The third-order valence-corrected chi connectivity index (χ3v) is 3.49. The molecule has 0 heterocycles. The number of ether oxygens (including phenoxy) is 1. The monoisotopic (exact) mass is 325 g/mol. The third-order valence-electron chi connectivity index (χ3n) is 3.49. The Balaban J connectivity index is 0. The first-order chi connectivity index (χ1) is 11.2. The number of unbranched alkanes of at least 4 members (excludes halogenated alkanes) is 5. The summed E-state index contributed by atoms with van der Waals surface area (Å²) < 4.78 is 5.04. The number of phenols is 1. The maximum atomic E-state index is 11.7. The number of carbonyl (C=O) groups is 1. The molecule has 4 heteroatoms. The summed E-state index contributed by atoms with van der Waals surface area (Å²) in [4.78, 5) is 11.7. The van der Waals surface area contributed by atoms with Crippen LogP contribution in [0.3, 0.4) is 0 Å². The molecule has 0 fully saturated rings. The summed E-state index contributed by atoms with van der Waals surface area (Å²) in [6, 6.07) is 5.09. The Bertz CT molecular complexity index is 439. The molecule has 1 rings (SSSR count). The van der Waals surface area contributed by atoms with E-state index in [-0.39, 0.29) is 13.1 Å². The van der Waals surface area contributed by atoms with Crippen LogP contribution in [-0.4, -0.2) is 18.1 Å². The SMILES string of the molecule is CC.CCCCCCCCC(=O)NCc1ccc(O)c(OC)c1.[HH]. The van der Waals surface area contributed by atoms with E-state index in [0.717, 1.165) is 18.4 Å². The highest BCUT2D eigenvalue weighted by Crippen LogP contribution is 2.26. The van der Waals surface area contributed by atoms with Crippen LogP contribution in [0.25, 0.3) is 0 Å². The highest BCUT2D eigenvalue weighted by molar-refractivity contribution is 5.75. The van der Waals surface area contributed by atoms with Crippen molar-refractivity contribution in [2.24, 2.45) is 0 Å². The van der Waals surface area contributed by atoms with Crippen LogP contribution < -0.4 is 10.1 Å². The van der Waals surface area contributed by atoms with Crippen LogP contribution >= 0.6 is 0 Å². The van der Waals surface area contributed by atoms with Crippen molar-refractivity contribution < 1.29 is 16.1 Å². The quantitative estimate of drug-likeness (QED) is 0.592. The second kappa shape index (κ2) is 13.9. The van der Waals surface area contributed by atoms with E-state index >= 15 is 0 Å². The van der Waals surface area contributed by atoms with Gasteiger partial charge in [-0.05, 0) is 24.1 Å². The van der Waals surface area contributed by atoms with Crippen molar-refractivity contribution in [1.82, 2.24) is 5.32 Å². The summed E-state index contributed by atoms with van der Waals surface area (Å²) in [5.41, 5.74) is 0.918. The molecule has 0 unspecified atom stereocenters. The second-order valence-electron chi connectivity index (χ2n) is 5.30. The number of benzene rings is 1. The molecular formula is C19H35NO3. The number of methoxy groups -OCH3 is 1. The number of hydrogen-bond acceptors (Lipinski definition) is 3. The number of aromatic hydroxyl groups is 1. The van der Waals surface area contributed by atoms with E-state index in [9.17, 15) is 9.90 Å². The van der Waals surface area contributed by atoms with E-state index in [1.807, 2.05) is 13.8 Å². The van der Waals surface area contributed by atoms with Crippen LogP contribution in [0, 0.1) is 0 Å². The molecule has 1 aromatic rings. The number of hydrogen-bond donors (Lipinski definition) is 2. The van der Waals surface area contributed by atoms with Crippen LogP contribution in [0.4, 0.5) is 0 Å². The van der Waals surface area contributed by atoms with E-state index in [1.165, 1.54) is 32.8 Å². The lowest BCUT2D eigenvalue weighted by Gasteiger charge is -2.08.